The van der Waals surface area contributed by atoms with Crippen LogP contribution in [0.25, 0.3) is 0 Å². The molecule has 2 aliphatic rings. The monoisotopic (exact) mass is 287 g/mol. The number of fused-ring (bicyclic) bond motifs is 2. The molecule has 110 valence electrons. The Morgan fingerprint density at radius 2 is 2.05 bits per heavy atom. The van der Waals surface area contributed by atoms with E-state index in [0.29, 0.717) is 5.69 Å². The summed E-state index contributed by atoms with van der Waals surface area (Å²) in [6, 6.07) is 7.41. The summed E-state index contributed by atoms with van der Waals surface area (Å²) in [5.41, 5.74) is 0.782. The molecular formula is C16H17NO4. The number of amides is 1. The Morgan fingerprint density at radius 1 is 1.33 bits per heavy atom. The molecule has 2 N–H and O–H groups in total. The van der Waals surface area contributed by atoms with Gasteiger partial charge in [0.2, 0.25) is 5.91 Å². The summed E-state index contributed by atoms with van der Waals surface area (Å²) in [5, 5.41) is 12.2. The first-order valence-corrected chi connectivity index (χ1v) is 6.89. The Labute approximate surface area is 122 Å². The van der Waals surface area contributed by atoms with E-state index in [-0.39, 0.29) is 5.91 Å². The van der Waals surface area contributed by atoms with E-state index in [9.17, 15) is 14.7 Å². The summed E-state index contributed by atoms with van der Waals surface area (Å²) in [6.45, 7) is 3.65. The number of anilines is 1. The van der Waals surface area contributed by atoms with Gasteiger partial charge in [0.15, 0.2) is 0 Å². The second kappa shape index (κ2) is 4.70. The number of carboxylic acid groups (broad SMARTS) is 1. The quantitative estimate of drug-likeness (QED) is 0.833. The highest BCUT2D eigenvalue weighted by Gasteiger charge is 2.59. The molecule has 1 saturated heterocycles. The Balaban J connectivity index is 1.88. The average molecular weight is 287 g/mol. The van der Waals surface area contributed by atoms with Crippen molar-refractivity contribution in [1.29, 1.82) is 0 Å². The van der Waals surface area contributed by atoms with E-state index in [4.69, 9.17) is 4.74 Å². The van der Waals surface area contributed by atoms with Crippen molar-refractivity contribution in [2.45, 2.75) is 25.6 Å². The summed E-state index contributed by atoms with van der Waals surface area (Å²) in [7, 11) is 0. The number of benzene rings is 1. The minimum absolute atomic E-state index is 0.314. The van der Waals surface area contributed by atoms with Crippen LogP contribution in [0.5, 0.6) is 0 Å². The lowest BCUT2D eigenvalue weighted by atomic mass is 9.75. The van der Waals surface area contributed by atoms with Crippen LogP contribution in [-0.4, -0.2) is 28.7 Å². The summed E-state index contributed by atoms with van der Waals surface area (Å²) in [5.74, 6) is -2.89. The first-order valence-electron chi connectivity index (χ1n) is 6.89. The zero-order valence-electron chi connectivity index (χ0n) is 11.9. The molecule has 0 spiro atoms. The van der Waals surface area contributed by atoms with Crippen LogP contribution in [0.1, 0.15) is 12.5 Å². The smallest absolute Gasteiger partial charge is 0.310 e. The molecule has 1 aromatic rings. The van der Waals surface area contributed by atoms with Crippen LogP contribution in [0.15, 0.2) is 36.4 Å². The van der Waals surface area contributed by atoms with Crippen molar-refractivity contribution in [3.05, 3.63) is 42.0 Å². The van der Waals surface area contributed by atoms with Gasteiger partial charge in [0.05, 0.1) is 17.6 Å². The van der Waals surface area contributed by atoms with Crippen molar-refractivity contribution in [1.82, 2.24) is 0 Å². The number of ether oxygens (including phenoxy) is 1. The number of rotatable bonds is 3. The van der Waals surface area contributed by atoms with Crippen molar-refractivity contribution in [3.63, 3.8) is 0 Å². The third-order valence-electron chi connectivity index (χ3n) is 4.31. The molecule has 3 rings (SSSR count). The first kappa shape index (κ1) is 13.8. The van der Waals surface area contributed by atoms with Crippen LogP contribution >= 0.6 is 0 Å². The molecule has 0 unspecified atom stereocenters. The van der Waals surface area contributed by atoms with Gasteiger partial charge < -0.3 is 15.2 Å². The molecule has 21 heavy (non-hydrogen) atoms. The van der Waals surface area contributed by atoms with E-state index in [0.717, 1.165) is 5.56 Å². The molecule has 1 amide bonds. The van der Waals surface area contributed by atoms with Crippen LogP contribution in [0.4, 0.5) is 5.69 Å². The van der Waals surface area contributed by atoms with E-state index in [1.807, 2.05) is 25.1 Å². The van der Waals surface area contributed by atoms with Gasteiger partial charge in [-0.3, -0.25) is 9.59 Å². The van der Waals surface area contributed by atoms with E-state index in [2.05, 4.69) is 5.32 Å². The highest BCUT2D eigenvalue weighted by atomic mass is 16.5. The van der Waals surface area contributed by atoms with Gasteiger partial charge in [-0.15, -0.1) is 0 Å². The van der Waals surface area contributed by atoms with Crippen molar-refractivity contribution in [2.75, 3.05) is 5.32 Å². The fraction of sp³-hybridized carbons (Fsp3) is 0.375. The number of carboxylic acids is 1. The van der Waals surface area contributed by atoms with Gasteiger partial charge in [-0.1, -0.05) is 30.4 Å². The number of hydrogen-bond acceptors (Lipinski definition) is 3. The van der Waals surface area contributed by atoms with Gasteiger partial charge in [-0.2, -0.15) is 0 Å². The van der Waals surface area contributed by atoms with Gasteiger partial charge in [0.1, 0.15) is 5.92 Å². The minimum atomic E-state index is -1.00. The number of aliphatic carboxylic acids is 1. The summed E-state index contributed by atoms with van der Waals surface area (Å²) < 4.78 is 5.68. The topological polar surface area (TPSA) is 75.6 Å². The summed E-state index contributed by atoms with van der Waals surface area (Å²) >= 11 is 0. The summed E-state index contributed by atoms with van der Waals surface area (Å²) in [6.07, 6.45) is 3.00. The Hall–Kier alpha value is -2.14. The van der Waals surface area contributed by atoms with E-state index < -0.39 is 29.5 Å². The van der Waals surface area contributed by atoms with Crippen molar-refractivity contribution >= 4 is 17.6 Å². The third kappa shape index (κ3) is 2.14. The fourth-order valence-corrected chi connectivity index (χ4v) is 3.20. The number of carbonyl (C=O) groups excluding carboxylic acids is 1. The lowest BCUT2D eigenvalue weighted by Gasteiger charge is -2.28. The molecule has 2 bridgehead atoms. The molecule has 2 aliphatic heterocycles. The van der Waals surface area contributed by atoms with Crippen LogP contribution in [0, 0.1) is 18.8 Å². The van der Waals surface area contributed by atoms with E-state index in [1.165, 1.54) is 0 Å². The van der Waals surface area contributed by atoms with Crippen LogP contribution in [0.2, 0.25) is 0 Å². The third-order valence-corrected chi connectivity index (χ3v) is 4.31. The van der Waals surface area contributed by atoms with E-state index in [1.54, 1.807) is 25.1 Å². The lowest BCUT2D eigenvalue weighted by Crippen LogP contribution is -2.44. The molecule has 0 saturated carbocycles. The second-order valence-electron chi connectivity index (χ2n) is 5.77. The van der Waals surface area contributed by atoms with Crippen LogP contribution in [-0.2, 0) is 14.3 Å². The molecule has 5 heteroatoms. The first-order chi connectivity index (χ1) is 9.92. The zero-order valence-corrected chi connectivity index (χ0v) is 11.9. The number of para-hydroxylation sites is 1. The zero-order chi connectivity index (χ0) is 15.2. The highest BCUT2D eigenvalue weighted by molar-refractivity contribution is 5.97. The normalized spacial score (nSPS) is 33.1. The maximum atomic E-state index is 12.6. The number of hydrogen-bond donors (Lipinski definition) is 2. The molecule has 5 nitrogen and oxygen atoms in total. The van der Waals surface area contributed by atoms with Crippen LogP contribution in [0.3, 0.4) is 0 Å². The van der Waals surface area contributed by atoms with Gasteiger partial charge >= 0.3 is 5.97 Å². The SMILES string of the molecule is Cc1ccccc1NC(=O)[C@@H]1[C@@H](C(=O)O)[C@H]2C=C[C@@]1(C)O2. The van der Waals surface area contributed by atoms with Crippen LogP contribution < -0.4 is 5.32 Å². The average Bonchev–Trinajstić information content (AvgIpc) is 2.94. The molecule has 4 atom stereocenters. The number of nitrogens with one attached hydrogen (secondary N) is 1. The molecule has 0 radical (unpaired) electrons. The summed E-state index contributed by atoms with van der Waals surface area (Å²) in [4.78, 5) is 24.1. The highest BCUT2D eigenvalue weighted by Crippen LogP contribution is 2.47. The second-order valence-corrected chi connectivity index (χ2v) is 5.77. The lowest BCUT2D eigenvalue weighted by molar-refractivity contribution is -0.146. The van der Waals surface area contributed by atoms with E-state index >= 15 is 0 Å². The predicted molar refractivity (Wildman–Crippen MR) is 76.8 cm³/mol. The number of carbonyl (C=O) groups is 2. The van der Waals surface area contributed by atoms with Crippen molar-refractivity contribution in [2.24, 2.45) is 11.8 Å². The maximum absolute atomic E-state index is 12.6. The molecule has 0 aromatic heterocycles. The Bertz CT molecular complexity index is 639. The minimum Gasteiger partial charge on any atom is -0.481 e. The Kier molecular flexibility index (Phi) is 3.10. The predicted octanol–water partition coefficient (Wildman–Crippen LogP) is 1.98. The maximum Gasteiger partial charge on any atom is 0.310 e. The van der Waals surface area contributed by atoms with Gasteiger partial charge in [-0.05, 0) is 25.5 Å². The molecule has 0 aliphatic carbocycles. The van der Waals surface area contributed by atoms with Gasteiger partial charge in [0, 0.05) is 5.69 Å². The van der Waals surface area contributed by atoms with Crippen molar-refractivity contribution < 1.29 is 19.4 Å². The molecule has 1 aromatic carbocycles. The molecule has 2 heterocycles. The largest absolute Gasteiger partial charge is 0.481 e. The number of aryl methyl sites for hydroxylation is 1. The van der Waals surface area contributed by atoms with Gasteiger partial charge in [-0.25, -0.2) is 0 Å². The Morgan fingerprint density at radius 3 is 2.71 bits per heavy atom. The van der Waals surface area contributed by atoms with Gasteiger partial charge in [0.25, 0.3) is 0 Å². The molecular weight excluding hydrogens is 270 g/mol. The molecule has 1 fully saturated rings. The fourth-order valence-electron chi connectivity index (χ4n) is 3.20. The standard InChI is InChI=1S/C16H17NO4/c1-9-5-3-4-6-10(9)17-14(18)13-12(15(19)20)11-7-8-16(13,2)21-11/h3-8,11-13H,1-2H3,(H,17,18)(H,19,20)/t11-,12+,13+,16-/m1/s1. The van der Waals surface area contributed by atoms with Crippen molar-refractivity contribution in [3.8, 4) is 0 Å².